The Morgan fingerprint density at radius 3 is 1.80 bits per heavy atom. The highest BCUT2D eigenvalue weighted by Crippen LogP contribution is 2.25. The van der Waals surface area contributed by atoms with Crippen molar-refractivity contribution in [1.82, 2.24) is 0 Å². The number of piperazine rings is 1. The number of hydrogen-bond donors (Lipinski definition) is 2. The van der Waals surface area contributed by atoms with Crippen LogP contribution in [0.25, 0.3) is 0 Å². The minimum absolute atomic E-state index is 0.160. The number of hydrogen-bond acceptors (Lipinski definition) is 3. The second-order valence-corrected chi connectivity index (χ2v) is 7.97. The maximum absolute atomic E-state index is 10.7. The molecule has 0 aliphatic carbocycles. The van der Waals surface area contributed by atoms with Crippen molar-refractivity contribution < 1.29 is 14.7 Å². The van der Waals surface area contributed by atoms with Gasteiger partial charge in [-0.1, -0.05) is 78.9 Å². The van der Waals surface area contributed by atoms with Crippen LogP contribution >= 0.6 is 0 Å². The van der Waals surface area contributed by atoms with Gasteiger partial charge in [0.1, 0.15) is 18.8 Å². The highest BCUT2D eigenvalue weighted by Gasteiger charge is 2.24. The molecule has 1 aliphatic heterocycles. The number of nitrogens with one attached hydrogen (secondary N) is 1. The first-order chi connectivity index (χ1) is 14.8. The molecule has 1 heterocycles. The highest BCUT2D eigenvalue weighted by atomic mass is 16.5. The lowest BCUT2D eigenvalue weighted by molar-refractivity contribution is -0.903. The van der Waals surface area contributed by atoms with Gasteiger partial charge in [-0.25, -0.2) is 0 Å². The predicted molar refractivity (Wildman–Crippen MR) is 121 cm³/mol. The van der Waals surface area contributed by atoms with E-state index >= 15 is 0 Å². The van der Waals surface area contributed by atoms with E-state index in [1.165, 1.54) is 10.6 Å². The third-order valence-corrected chi connectivity index (χ3v) is 5.78. The Balaban J connectivity index is 1.30. The van der Waals surface area contributed by atoms with Gasteiger partial charge in [-0.3, -0.25) is 0 Å². The van der Waals surface area contributed by atoms with Crippen molar-refractivity contribution in [2.45, 2.75) is 12.2 Å². The summed E-state index contributed by atoms with van der Waals surface area (Å²) in [5, 5.41) is 10.7. The summed E-state index contributed by atoms with van der Waals surface area (Å²) in [7, 11) is 0. The molecule has 1 atom stereocenters. The summed E-state index contributed by atoms with van der Waals surface area (Å²) < 4.78 is 6.23. The van der Waals surface area contributed by atoms with Gasteiger partial charge < -0.3 is 19.6 Å². The molecule has 4 rings (SSSR count). The molecular weight excluding hydrogens is 372 g/mol. The average molecular weight is 404 g/mol. The SMILES string of the molecule is O[C@@H](COC(c1ccccc1)c1ccccc1)C[NH+]1CCN(c2ccccc2)CC1. The lowest BCUT2D eigenvalue weighted by Gasteiger charge is -2.34. The van der Waals surface area contributed by atoms with Crippen molar-refractivity contribution in [2.24, 2.45) is 0 Å². The maximum Gasteiger partial charge on any atom is 0.126 e. The zero-order valence-corrected chi connectivity index (χ0v) is 17.4. The topological polar surface area (TPSA) is 37.1 Å². The van der Waals surface area contributed by atoms with Gasteiger partial charge in [0.25, 0.3) is 0 Å². The van der Waals surface area contributed by atoms with Crippen LogP contribution in [0.1, 0.15) is 17.2 Å². The smallest absolute Gasteiger partial charge is 0.126 e. The van der Waals surface area contributed by atoms with Gasteiger partial charge in [0.2, 0.25) is 0 Å². The van der Waals surface area contributed by atoms with Crippen LogP contribution in [-0.4, -0.2) is 50.5 Å². The van der Waals surface area contributed by atoms with E-state index < -0.39 is 6.10 Å². The highest BCUT2D eigenvalue weighted by molar-refractivity contribution is 5.46. The van der Waals surface area contributed by atoms with Crippen molar-refractivity contribution in [3.63, 3.8) is 0 Å². The van der Waals surface area contributed by atoms with Crippen molar-refractivity contribution in [1.29, 1.82) is 0 Å². The monoisotopic (exact) mass is 403 g/mol. The predicted octanol–water partition coefficient (Wildman–Crippen LogP) is 2.56. The van der Waals surface area contributed by atoms with Crippen LogP contribution in [0.3, 0.4) is 0 Å². The standard InChI is InChI=1S/C26H30N2O2/c29-25(20-27-16-18-28(19-17-27)24-14-8-3-9-15-24)21-30-26(22-10-4-1-5-11-22)23-12-6-2-7-13-23/h1-15,25-26,29H,16-21H2/p+1/t25-/m1/s1. The van der Waals surface area contributed by atoms with E-state index in [9.17, 15) is 5.11 Å². The average Bonchev–Trinajstić information content (AvgIpc) is 2.82. The van der Waals surface area contributed by atoms with Crippen LogP contribution in [-0.2, 0) is 4.74 Å². The first-order valence-electron chi connectivity index (χ1n) is 10.8. The Morgan fingerprint density at radius 1 is 0.767 bits per heavy atom. The van der Waals surface area contributed by atoms with E-state index in [0.29, 0.717) is 6.61 Å². The molecule has 3 aromatic carbocycles. The second kappa shape index (κ2) is 10.4. The zero-order valence-electron chi connectivity index (χ0n) is 17.4. The van der Waals surface area contributed by atoms with Crippen molar-refractivity contribution >= 4 is 5.69 Å². The Kier molecular flexibility index (Phi) is 7.14. The Morgan fingerprint density at radius 2 is 1.27 bits per heavy atom. The third-order valence-electron chi connectivity index (χ3n) is 5.78. The number of para-hydroxylation sites is 1. The number of nitrogens with zero attached hydrogens (tertiary/aromatic N) is 1. The zero-order chi connectivity index (χ0) is 20.6. The summed E-state index contributed by atoms with van der Waals surface area (Å²) in [5.74, 6) is 0. The van der Waals surface area contributed by atoms with Crippen LogP contribution in [0.4, 0.5) is 5.69 Å². The summed E-state index contributed by atoms with van der Waals surface area (Å²) >= 11 is 0. The van der Waals surface area contributed by atoms with Crippen LogP contribution in [0.2, 0.25) is 0 Å². The van der Waals surface area contributed by atoms with Crippen molar-refractivity contribution in [2.75, 3.05) is 44.2 Å². The first kappa shape index (κ1) is 20.6. The Hall–Kier alpha value is -2.66. The molecule has 0 radical (unpaired) electrons. The number of aliphatic hydroxyl groups excluding tert-OH is 1. The second-order valence-electron chi connectivity index (χ2n) is 7.97. The molecule has 0 bridgehead atoms. The van der Waals surface area contributed by atoms with Gasteiger partial charge in [-0.2, -0.15) is 0 Å². The molecule has 2 N–H and O–H groups in total. The number of rotatable bonds is 8. The summed E-state index contributed by atoms with van der Waals surface area (Å²) in [6.07, 6.45) is -0.634. The van der Waals surface area contributed by atoms with Gasteiger partial charge >= 0.3 is 0 Å². The van der Waals surface area contributed by atoms with E-state index in [1.54, 1.807) is 0 Å². The lowest BCUT2D eigenvalue weighted by atomic mass is 10.0. The normalized spacial score (nSPS) is 16.0. The maximum atomic E-state index is 10.7. The molecule has 30 heavy (non-hydrogen) atoms. The molecule has 0 saturated carbocycles. The Labute approximate surface area is 179 Å². The number of ether oxygens (including phenoxy) is 1. The van der Waals surface area contributed by atoms with Crippen LogP contribution in [0.5, 0.6) is 0 Å². The summed E-state index contributed by atoms with van der Waals surface area (Å²) in [6.45, 7) is 5.16. The van der Waals surface area contributed by atoms with Gasteiger partial charge in [-0.05, 0) is 23.3 Å². The van der Waals surface area contributed by atoms with Crippen molar-refractivity contribution in [3.8, 4) is 0 Å². The molecule has 3 aromatic rings. The van der Waals surface area contributed by atoms with E-state index in [4.69, 9.17) is 4.74 Å². The molecule has 4 heteroatoms. The lowest BCUT2D eigenvalue weighted by Crippen LogP contribution is -3.16. The molecule has 156 valence electrons. The van der Waals surface area contributed by atoms with E-state index in [-0.39, 0.29) is 6.10 Å². The number of anilines is 1. The van der Waals surface area contributed by atoms with Crippen molar-refractivity contribution in [3.05, 3.63) is 102 Å². The fourth-order valence-corrected chi connectivity index (χ4v) is 4.16. The minimum atomic E-state index is -0.474. The summed E-state index contributed by atoms with van der Waals surface area (Å²) in [4.78, 5) is 3.86. The van der Waals surface area contributed by atoms with Gasteiger partial charge in [0, 0.05) is 5.69 Å². The molecule has 0 spiro atoms. The minimum Gasteiger partial charge on any atom is -0.385 e. The van der Waals surface area contributed by atoms with E-state index in [1.807, 2.05) is 36.4 Å². The van der Waals surface area contributed by atoms with Gasteiger partial charge in [0.15, 0.2) is 0 Å². The number of quaternary nitrogens is 1. The summed E-state index contributed by atoms with van der Waals surface area (Å²) in [5.41, 5.74) is 3.51. The molecule has 0 aromatic heterocycles. The first-order valence-corrected chi connectivity index (χ1v) is 10.8. The van der Waals surface area contributed by atoms with E-state index in [2.05, 4.69) is 59.5 Å². The molecule has 0 amide bonds. The quantitative estimate of drug-likeness (QED) is 0.607. The third kappa shape index (κ3) is 5.48. The molecule has 1 fully saturated rings. The fourth-order valence-electron chi connectivity index (χ4n) is 4.16. The molecular formula is C26H31N2O2+. The summed E-state index contributed by atoms with van der Waals surface area (Å²) in [6, 6.07) is 31.0. The molecule has 0 unspecified atom stereocenters. The molecule has 1 saturated heterocycles. The van der Waals surface area contributed by atoms with Gasteiger partial charge in [0.05, 0.1) is 32.8 Å². The fraction of sp³-hybridized carbons (Fsp3) is 0.308. The van der Waals surface area contributed by atoms with Crippen LogP contribution in [0, 0.1) is 0 Å². The number of aliphatic hydroxyl groups is 1. The largest absolute Gasteiger partial charge is 0.385 e. The molecule has 1 aliphatic rings. The number of benzene rings is 3. The van der Waals surface area contributed by atoms with E-state index in [0.717, 1.165) is 43.9 Å². The molecule has 4 nitrogen and oxygen atoms in total. The van der Waals surface area contributed by atoms with Crippen LogP contribution < -0.4 is 9.80 Å². The Bertz CT molecular complexity index is 826. The van der Waals surface area contributed by atoms with Gasteiger partial charge in [-0.15, -0.1) is 0 Å². The van der Waals surface area contributed by atoms with Crippen LogP contribution in [0.15, 0.2) is 91.0 Å².